The Hall–Kier alpha value is -1.48. The van der Waals surface area contributed by atoms with E-state index in [1.54, 1.807) is 26.4 Å². The first-order valence-electron chi connectivity index (χ1n) is 4.60. The Morgan fingerprint density at radius 3 is 2.80 bits per heavy atom. The normalized spacial score (nSPS) is 10.6. The SMILES string of the molecule is CNc1cc2ccn(C)c(=O)c2cc1Cl. The van der Waals surface area contributed by atoms with Crippen LogP contribution >= 0.6 is 11.6 Å². The quantitative estimate of drug-likeness (QED) is 0.803. The molecule has 0 saturated carbocycles. The highest BCUT2D eigenvalue weighted by Gasteiger charge is 2.05. The highest BCUT2D eigenvalue weighted by Crippen LogP contribution is 2.25. The maximum absolute atomic E-state index is 11.8. The van der Waals surface area contributed by atoms with Gasteiger partial charge in [-0.1, -0.05) is 11.6 Å². The molecule has 1 aromatic heterocycles. The lowest BCUT2D eigenvalue weighted by molar-refractivity contribution is 0.873. The van der Waals surface area contributed by atoms with Crippen molar-refractivity contribution in [1.82, 2.24) is 4.57 Å². The lowest BCUT2D eigenvalue weighted by Gasteiger charge is -2.06. The lowest BCUT2D eigenvalue weighted by atomic mass is 10.1. The Labute approximate surface area is 92.3 Å². The van der Waals surface area contributed by atoms with E-state index < -0.39 is 0 Å². The van der Waals surface area contributed by atoms with E-state index in [-0.39, 0.29) is 5.56 Å². The van der Waals surface area contributed by atoms with Crippen molar-refractivity contribution in [3.05, 3.63) is 39.8 Å². The second kappa shape index (κ2) is 3.59. The van der Waals surface area contributed by atoms with Gasteiger partial charge in [-0.2, -0.15) is 0 Å². The molecule has 1 aromatic carbocycles. The Balaban J connectivity index is 2.88. The van der Waals surface area contributed by atoms with Crippen molar-refractivity contribution < 1.29 is 0 Å². The number of nitrogens with zero attached hydrogens (tertiary/aromatic N) is 1. The standard InChI is InChI=1S/C11H11ClN2O/c1-13-10-5-7-3-4-14(2)11(15)8(7)6-9(10)12/h3-6,13H,1-2H3. The van der Waals surface area contributed by atoms with Crippen LogP contribution in [-0.2, 0) is 7.05 Å². The monoisotopic (exact) mass is 222 g/mol. The van der Waals surface area contributed by atoms with E-state index in [9.17, 15) is 4.79 Å². The summed E-state index contributed by atoms with van der Waals surface area (Å²) in [5, 5.41) is 5.08. The summed E-state index contributed by atoms with van der Waals surface area (Å²) in [6.07, 6.45) is 1.75. The van der Waals surface area contributed by atoms with Gasteiger partial charge in [-0.3, -0.25) is 4.79 Å². The maximum atomic E-state index is 11.8. The molecule has 0 atom stereocenters. The number of pyridine rings is 1. The van der Waals surface area contributed by atoms with Crippen LogP contribution in [-0.4, -0.2) is 11.6 Å². The largest absolute Gasteiger partial charge is 0.387 e. The summed E-state index contributed by atoms with van der Waals surface area (Å²) in [6, 6.07) is 5.47. The second-order valence-corrected chi connectivity index (χ2v) is 3.81. The molecule has 0 fully saturated rings. The predicted molar refractivity (Wildman–Crippen MR) is 63.7 cm³/mol. The molecule has 4 heteroatoms. The topological polar surface area (TPSA) is 34.0 Å². The number of anilines is 1. The van der Waals surface area contributed by atoms with Crippen molar-refractivity contribution in [2.24, 2.45) is 7.05 Å². The maximum Gasteiger partial charge on any atom is 0.258 e. The fourth-order valence-corrected chi connectivity index (χ4v) is 1.81. The molecule has 0 amide bonds. The van der Waals surface area contributed by atoms with Gasteiger partial charge in [0.05, 0.1) is 10.7 Å². The zero-order valence-electron chi connectivity index (χ0n) is 8.54. The fraction of sp³-hybridized carbons (Fsp3) is 0.182. The highest BCUT2D eigenvalue weighted by atomic mass is 35.5. The molecule has 1 N–H and O–H groups in total. The van der Waals surface area contributed by atoms with Gasteiger partial charge in [-0.05, 0) is 23.6 Å². The molecular formula is C11H11ClN2O. The molecule has 15 heavy (non-hydrogen) atoms. The summed E-state index contributed by atoms with van der Waals surface area (Å²) in [7, 11) is 3.52. The van der Waals surface area contributed by atoms with Crippen molar-refractivity contribution in [3.8, 4) is 0 Å². The van der Waals surface area contributed by atoms with Crippen LogP contribution in [0.25, 0.3) is 10.8 Å². The average Bonchev–Trinajstić information content (AvgIpc) is 2.24. The van der Waals surface area contributed by atoms with Crippen LogP contribution < -0.4 is 10.9 Å². The second-order valence-electron chi connectivity index (χ2n) is 3.40. The third-order valence-corrected chi connectivity index (χ3v) is 2.75. The number of nitrogens with one attached hydrogen (secondary N) is 1. The number of hydrogen-bond donors (Lipinski definition) is 1. The van der Waals surface area contributed by atoms with Crippen LogP contribution in [0.4, 0.5) is 5.69 Å². The van der Waals surface area contributed by atoms with Gasteiger partial charge >= 0.3 is 0 Å². The molecule has 0 spiro atoms. The summed E-state index contributed by atoms with van der Waals surface area (Å²) in [5.41, 5.74) is 0.800. The first-order chi connectivity index (χ1) is 7.13. The summed E-state index contributed by atoms with van der Waals surface area (Å²) < 4.78 is 1.54. The van der Waals surface area contributed by atoms with Gasteiger partial charge in [-0.25, -0.2) is 0 Å². The van der Waals surface area contributed by atoms with Crippen molar-refractivity contribution in [2.45, 2.75) is 0 Å². The lowest BCUT2D eigenvalue weighted by Crippen LogP contribution is -2.15. The van der Waals surface area contributed by atoms with E-state index in [0.29, 0.717) is 10.4 Å². The van der Waals surface area contributed by atoms with Gasteiger partial charge in [0.2, 0.25) is 0 Å². The van der Waals surface area contributed by atoms with Gasteiger partial charge in [-0.15, -0.1) is 0 Å². The van der Waals surface area contributed by atoms with E-state index in [0.717, 1.165) is 11.1 Å². The summed E-state index contributed by atoms with van der Waals surface area (Å²) in [5.74, 6) is 0. The highest BCUT2D eigenvalue weighted by molar-refractivity contribution is 6.34. The minimum atomic E-state index is -0.0305. The molecule has 0 radical (unpaired) electrons. The van der Waals surface area contributed by atoms with Crippen LogP contribution in [0.1, 0.15) is 0 Å². The summed E-state index contributed by atoms with van der Waals surface area (Å²) in [4.78, 5) is 11.8. The molecule has 1 heterocycles. The zero-order chi connectivity index (χ0) is 11.0. The van der Waals surface area contributed by atoms with Gasteiger partial charge in [0.25, 0.3) is 5.56 Å². The molecule has 2 rings (SSSR count). The number of rotatable bonds is 1. The van der Waals surface area contributed by atoms with E-state index in [1.807, 2.05) is 12.1 Å². The Morgan fingerprint density at radius 1 is 1.40 bits per heavy atom. The van der Waals surface area contributed by atoms with Gasteiger partial charge in [0.1, 0.15) is 0 Å². The molecule has 0 saturated heterocycles. The Bertz CT molecular complexity index is 575. The molecule has 2 aromatic rings. The van der Waals surface area contributed by atoms with Gasteiger partial charge < -0.3 is 9.88 Å². The number of aryl methyl sites for hydroxylation is 1. The number of aromatic nitrogens is 1. The number of hydrogen-bond acceptors (Lipinski definition) is 2. The molecule has 0 aliphatic carbocycles. The number of fused-ring (bicyclic) bond motifs is 1. The third-order valence-electron chi connectivity index (χ3n) is 2.44. The average molecular weight is 223 g/mol. The fourth-order valence-electron chi connectivity index (χ4n) is 1.55. The molecule has 78 valence electrons. The van der Waals surface area contributed by atoms with E-state index in [1.165, 1.54) is 4.57 Å². The predicted octanol–water partition coefficient (Wildman–Crippen LogP) is 2.23. The smallest absolute Gasteiger partial charge is 0.258 e. The van der Waals surface area contributed by atoms with Crippen molar-refractivity contribution in [3.63, 3.8) is 0 Å². The Morgan fingerprint density at radius 2 is 2.13 bits per heavy atom. The number of benzene rings is 1. The van der Waals surface area contributed by atoms with Crippen molar-refractivity contribution >= 4 is 28.1 Å². The number of halogens is 1. The molecule has 3 nitrogen and oxygen atoms in total. The van der Waals surface area contributed by atoms with Crippen LogP contribution in [0.2, 0.25) is 5.02 Å². The van der Waals surface area contributed by atoms with Crippen LogP contribution in [0, 0.1) is 0 Å². The van der Waals surface area contributed by atoms with Crippen molar-refractivity contribution in [1.29, 1.82) is 0 Å². The third kappa shape index (κ3) is 1.59. The molecule has 0 bridgehead atoms. The summed E-state index contributed by atoms with van der Waals surface area (Å²) >= 11 is 6.02. The summed E-state index contributed by atoms with van der Waals surface area (Å²) in [6.45, 7) is 0. The van der Waals surface area contributed by atoms with Gasteiger partial charge in [0, 0.05) is 25.7 Å². The minimum Gasteiger partial charge on any atom is -0.387 e. The molecule has 0 unspecified atom stereocenters. The molecule has 0 aliphatic rings. The molecule has 0 aliphatic heterocycles. The minimum absolute atomic E-state index is 0.0305. The van der Waals surface area contributed by atoms with Gasteiger partial charge in [0.15, 0.2) is 0 Å². The Kier molecular flexibility index (Phi) is 2.40. The first kappa shape index (κ1) is 10.1. The van der Waals surface area contributed by atoms with Crippen LogP contribution in [0.5, 0.6) is 0 Å². The van der Waals surface area contributed by atoms with E-state index >= 15 is 0 Å². The van der Waals surface area contributed by atoms with E-state index in [2.05, 4.69) is 5.32 Å². The van der Waals surface area contributed by atoms with Crippen molar-refractivity contribution in [2.75, 3.05) is 12.4 Å². The van der Waals surface area contributed by atoms with Crippen LogP contribution in [0.3, 0.4) is 0 Å². The first-order valence-corrected chi connectivity index (χ1v) is 4.98. The zero-order valence-corrected chi connectivity index (χ0v) is 9.30. The molecular weight excluding hydrogens is 212 g/mol. The van der Waals surface area contributed by atoms with Crippen LogP contribution in [0.15, 0.2) is 29.2 Å². The van der Waals surface area contributed by atoms with E-state index in [4.69, 9.17) is 11.6 Å².